The Balaban J connectivity index is 2.08. The summed E-state index contributed by atoms with van der Waals surface area (Å²) in [4.78, 5) is 0. The highest BCUT2D eigenvalue weighted by molar-refractivity contribution is 5.50. The molecule has 0 aromatic heterocycles. The van der Waals surface area contributed by atoms with Crippen molar-refractivity contribution < 1.29 is 9.84 Å². The van der Waals surface area contributed by atoms with Crippen molar-refractivity contribution >= 4 is 0 Å². The molecular formula is C25H29NO2. The maximum absolute atomic E-state index is 9.08. The molecule has 0 unspecified atom stereocenters. The molecule has 3 heteroatoms. The molecule has 146 valence electrons. The van der Waals surface area contributed by atoms with Gasteiger partial charge in [-0.1, -0.05) is 72.8 Å². The minimum atomic E-state index is -0.450. The molecule has 2 N–H and O–H groups in total. The summed E-state index contributed by atoms with van der Waals surface area (Å²) < 4.78 is 5.37. The first-order chi connectivity index (χ1) is 13.8. The number of ether oxygens (including phenoxy) is 1. The molecule has 0 spiro atoms. The van der Waals surface area contributed by atoms with Crippen molar-refractivity contribution in [2.75, 3.05) is 20.3 Å². The molecule has 0 bridgehead atoms. The van der Waals surface area contributed by atoms with Crippen molar-refractivity contribution in [2.45, 2.75) is 24.8 Å². The number of rotatable bonds is 10. The summed E-state index contributed by atoms with van der Waals surface area (Å²) in [6.45, 7) is 1.11. The molecule has 0 heterocycles. The summed E-state index contributed by atoms with van der Waals surface area (Å²) in [5, 5.41) is 12.9. The van der Waals surface area contributed by atoms with E-state index in [4.69, 9.17) is 9.84 Å². The van der Waals surface area contributed by atoms with Crippen molar-refractivity contribution in [2.24, 2.45) is 0 Å². The number of benzene rings is 3. The van der Waals surface area contributed by atoms with Gasteiger partial charge in [-0.25, -0.2) is 0 Å². The van der Waals surface area contributed by atoms with Crippen LogP contribution in [-0.2, 0) is 5.54 Å². The first-order valence-electron chi connectivity index (χ1n) is 9.92. The normalized spacial score (nSPS) is 11.4. The van der Waals surface area contributed by atoms with Gasteiger partial charge in [0.25, 0.3) is 0 Å². The maximum atomic E-state index is 9.08. The zero-order valence-corrected chi connectivity index (χ0v) is 16.5. The number of aliphatic hydroxyl groups excluding tert-OH is 1. The van der Waals surface area contributed by atoms with E-state index in [2.05, 4.69) is 78.1 Å². The van der Waals surface area contributed by atoms with Crippen LogP contribution in [0.1, 0.15) is 36.0 Å². The van der Waals surface area contributed by atoms with Gasteiger partial charge < -0.3 is 9.84 Å². The number of unbranched alkanes of at least 4 members (excludes halogenated alkanes) is 2. The van der Waals surface area contributed by atoms with Gasteiger partial charge in [0.15, 0.2) is 0 Å². The number of nitrogens with one attached hydrogen (secondary N) is 1. The molecule has 0 aliphatic carbocycles. The smallest absolute Gasteiger partial charge is 0.118 e. The van der Waals surface area contributed by atoms with E-state index in [1.165, 1.54) is 16.7 Å². The van der Waals surface area contributed by atoms with Crippen molar-refractivity contribution in [3.8, 4) is 5.75 Å². The number of aliphatic hydroxyl groups is 1. The van der Waals surface area contributed by atoms with Crippen LogP contribution < -0.4 is 10.1 Å². The van der Waals surface area contributed by atoms with Gasteiger partial charge in [-0.2, -0.15) is 0 Å². The largest absolute Gasteiger partial charge is 0.497 e. The van der Waals surface area contributed by atoms with E-state index in [9.17, 15) is 0 Å². The summed E-state index contributed by atoms with van der Waals surface area (Å²) in [7, 11) is 1.69. The number of methoxy groups -OCH3 is 1. The van der Waals surface area contributed by atoms with Gasteiger partial charge >= 0.3 is 0 Å². The van der Waals surface area contributed by atoms with Crippen LogP contribution in [0, 0.1) is 0 Å². The molecule has 0 saturated heterocycles. The summed E-state index contributed by atoms with van der Waals surface area (Å²) in [5.74, 6) is 0.849. The Morgan fingerprint density at radius 1 is 0.714 bits per heavy atom. The zero-order chi connectivity index (χ0) is 19.7. The molecule has 0 aliphatic heterocycles. The summed E-state index contributed by atoms with van der Waals surface area (Å²) in [5.41, 5.74) is 3.13. The maximum Gasteiger partial charge on any atom is 0.118 e. The monoisotopic (exact) mass is 375 g/mol. The molecule has 3 aromatic carbocycles. The Morgan fingerprint density at radius 2 is 1.25 bits per heavy atom. The molecule has 0 radical (unpaired) electrons. The summed E-state index contributed by atoms with van der Waals surface area (Å²) in [6, 6.07) is 29.5. The van der Waals surface area contributed by atoms with Gasteiger partial charge in [0.2, 0.25) is 0 Å². The van der Waals surface area contributed by atoms with Crippen LogP contribution in [0.25, 0.3) is 0 Å². The van der Waals surface area contributed by atoms with E-state index in [-0.39, 0.29) is 6.61 Å². The molecule has 3 nitrogen and oxygen atoms in total. The van der Waals surface area contributed by atoms with E-state index >= 15 is 0 Å². The Morgan fingerprint density at radius 3 is 1.75 bits per heavy atom. The lowest BCUT2D eigenvalue weighted by molar-refractivity contribution is 0.282. The molecule has 3 aromatic rings. The topological polar surface area (TPSA) is 41.5 Å². The van der Waals surface area contributed by atoms with Crippen molar-refractivity contribution in [3.63, 3.8) is 0 Å². The Bertz CT molecular complexity index is 777. The zero-order valence-electron chi connectivity index (χ0n) is 16.5. The van der Waals surface area contributed by atoms with Crippen LogP contribution in [-0.4, -0.2) is 25.4 Å². The average molecular weight is 376 g/mol. The van der Waals surface area contributed by atoms with Gasteiger partial charge in [0, 0.05) is 6.61 Å². The van der Waals surface area contributed by atoms with Crippen LogP contribution in [0.15, 0.2) is 84.9 Å². The third-order valence-corrected chi connectivity index (χ3v) is 5.16. The van der Waals surface area contributed by atoms with Crippen LogP contribution >= 0.6 is 0 Å². The van der Waals surface area contributed by atoms with Crippen LogP contribution in [0.2, 0.25) is 0 Å². The molecule has 0 saturated carbocycles. The van der Waals surface area contributed by atoms with E-state index in [1.807, 2.05) is 12.1 Å². The van der Waals surface area contributed by atoms with Gasteiger partial charge in [0.05, 0.1) is 12.6 Å². The van der Waals surface area contributed by atoms with Crippen molar-refractivity contribution in [1.29, 1.82) is 0 Å². The fourth-order valence-electron chi connectivity index (χ4n) is 3.71. The van der Waals surface area contributed by atoms with E-state index in [0.717, 1.165) is 31.6 Å². The van der Waals surface area contributed by atoms with E-state index in [0.29, 0.717) is 0 Å². The van der Waals surface area contributed by atoms with E-state index in [1.54, 1.807) is 7.11 Å². The Kier molecular flexibility index (Phi) is 7.24. The first-order valence-corrected chi connectivity index (χ1v) is 9.92. The lowest BCUT2D eigenvalue weighted by Crippen LogP contribution is -2.45. The fourth-order valence-corrected chi connectivity index (χ4v) is 3.71. The second-order valence-corrected chi connectivity index (χ2v) is 6.92. The summed E-state index contributed by atoms with van der Waals surface area (Å²) in [6.07, 6.45) is 2.86. The molecule has 0 fully saturated rings. The van der Waals surface area contributed by atoms with Crippen LogP contribution in [0.3, 0.4) is 0 Å². The average Bonchev–Trinajstić information content (AvgIpc) is 2.78. The molecule has 0 atom stereocenters. The highest BCUT2D eigenvalue weighted by Gasteiger charge is 2.35. The van der Waals surface area contributed by atoms with E-state index < -0.39 is 5.54 Å². The molecular weight excluding hydrogens is 346 g/mol. The molecule has 0 aliphatic rings. The molecule has 28 heavy (non-hydrogen) atoms. The van der Waals surface area contributed by atoms with Crippen molar-refractivity contribution in [3.05, 3.63) is 102 Å². The fraction of sp³-hybridized carbons (Fsp3) is 0.280. The van der Waals surface area contributed by atoms with Crippen molar-refractivity contribution in [1.82, 2.24) is 5.32 Å². The minimum Gasteiger partial charge on any atom is -0.497 e. The third-order valence-electron chi connectivity index (χ3n) is 5.16. The summed E-state index contributed by atoms with van der Waals surface area (Å²) >= 11 is 0. The predicted octanol–water partition coefficient (Wildman–Crippen LogP) is 4.74. The van der Waals surface area contributed by atoms with Crippen LogP contribution in [0.5, 0.6) is 5.75 Å². The highest BCUT2D eigenvalue weighted by Crippen LogP contribution is 2.37. The minimum absolute atomic E-state index is 0.251. The van der Waals surface area contributed by atoms with Crippen LogP contribution in [0.4, 0.5) is 0 Å². The highest BCUT2D eigenvalue weighted by atomic mass is 16.5. The lowest BCUT2D eigenvalue weighted by atomic mass is 9.77. The number of hydrogen-bond acceptors (Lipinski definition) is 3. The van der Waals surface area contributed by atoms with Gasteiger partial charge in [0.1, 0.15) is 5.75 Å². The van der Waals surface area contributed by atoms with Gasteiger partial charge in [-0.15, -0.1) is 0 Å². The lowest BCUT2D eigenvalue weighted by Gasteiger charge is -2.37. The SMILES string of the molecule is COc1ccc(C(NCCCCCO)(c2ccccc2)c2ccccc2)cc1. The predicted molar refractivity (Wildman–Crippen MR) is 115 cm³/mol. The standard InChI is InChI=1S/C25H29NO2/c1-28-24-17-15-23(16-18-24)25(21-11-5-2-6-12-21,22-13-7-3-8-14-22)26-19-9-4-10-20-27/h2-3,5-8,11-18,26-27H,4,9-10,19-20H2,1H3. The second-order valence-electron chi connectivity index (χ2n) is 6.92. The number of hydrogen-bond donors (Lipinski definition) is 2. The Labute approximate surface area is 168 Å². The van der Waals surface area contributed by atoms with Gasteiger partial charge in [-0.3, -0.25) is 5.32 Å². The molecule has 0 amide bonds. The van der Waals surface area contributed by atoms with Gasteiger partial charge in [-0.05, 0) is 54.6 Å². The third kappa shape index (κ3) is 4.44. The quantitative estimate of drug-likeness (QED) is 0.397. The Hall–Kier alpha value is -2.62. The second kappa shape index (κ2) is 10.1. The first kappa shape index (κ1) is 20.1. The molecule has 3 rings (SSSR count).